The van der Waals surface area contributed by atoms with Crippen LogP contribution in [0.5, 0.6) is 0 Å². The maximum atomic E-state index is 12.9. The molecule has 132 valence electrons. The average molecular weight is 369 g/mol. The average Bonchev–Trinajstić information content (AvgIpc) is 3.16. The molecule has 8 heteroatoms. The van der Waals surface area contributed by atoms with Crippen molar-refractivity contribution in [2.45, 2.75) is 6.42 Å². The van der Waals surface area contributed by atoms with Crippen molar-refractivity contribution in [2.75, 3.05) is 18.1 Å². The number of pyridine rings is 2. The lowest BCUT2D eigenvalue weighted by molar-refractivity contribution is -0.123. The molecular formula is C18H17ClN6O. The van der Waals surface area contributed by atoms with E-state index in [1.807, 2.05) is 24.3 Å². The Morgan fingerprint density at radius 2 is 2.08 bits per heavy atom. The minimum atomic E-state index is -0.167. The summed E-state index contributed by atoms with van der Waals surface area (Å²) in [5, 5.41) is 11.0. The summed E-state index contributed by atoms with van der Waals surface area (Å²) in [6.45, 7) is 1.08. The predicted molar refractivity (Wildman–Crippen MR) is 98.6 cm³/mol. The highest BCUT2D eigenvalue weighted by atomic mass is 35.5. The fourth-order valence-corrected chi connectivity index (χ4v) is 3.14. The van der Waals surface area contributed by atoms with Crippen LogP contribution in [0, 0.1) is 5.92 Å². The molecule has 4 heterocycles. The molecule has 0 aliphatic carbocycles. The third-order valence-electron chi connectivity index (χ3n) is 4.38. The van der Waals surface area contributed by atoms with Gasteiger partial charge in [0.1, 0.15) is 11.0 Å². The van der Waals surface area contributed by atoms with Crippen molar-refractivity contribution in [1.29, 1.82) is 0 Å². The number of carbonyl (C=O) groups excluding carboxylic acids is 1. The van der Waals surface area contributed by atoms with Crippen LogP contribution in [0.15, 0.2) is 48.9 Å². The molecule has 1 saturated heterocycles. The zero-order valence-corrected chi connectivity index (χ0v) is 14.6. The Balaban J connectivity index is 1.51. The van der Waals surface area contributed by atoms with Crippen molar-refractivity contribution < 1.29 is 4.79 Å². The maximum absolute atomic E-state index is 12.9. The standard InChI is InChI=1S/C18H17ClN6O/c19-16-2-1-12(9-22-16)7-14-10-21-11-25(18(14)26)17-8-15(23-24-17)13-3-5-20-6-4-13/h1-6,8-9,14,21H,7,10-11H2,(H,23,24). The molecule has 1 fully saturated rings. The number of hydrogen-bond acceptors (Lipinski definition) is 5. The smallest absolute Gasteiger partial charge is 0.233 e. The van der Waals surface area contributed by atoms with Gasteiger partial charge >= 0.3 is 0 Å². The summed E-state index contributed by atoms with van der Waals surface area (Å²) in [6.07, 6.45) is 5.76. The molecule has 3 aromatic heterocycles. The Labute approximate surface area is 155 Å². The van der Waals surface area contributed by atoms with Crippen LogP contribution >= 0.6 is 11.6 Å². The molecule has 0 aromatic carbocycles. The monoisotopic (exact) mass is 368 g/mol. The second kappa shape index (κ2) is 7.23. The summed E-state index contributed by atoms with van der Waals surface area (Å²) in [4.78, 5) is 22.7. The molecule has 3 aromatic rings. The molecular weight excluding hydrogens is 352 g/mol. The Kier molecular flexibility index (Phi) is 4.64. The normalized spacial score (nSPS) is 17.5. The van der Waals surface area contributed by atoms with E-state index >= 15 is 0 Å². The summed E-state index contributed by atoms with van der Waals surface area (Å²) >= 11 is 5.83. The van der Waals surface area contributed by atoms with Gasteiger partial charge in [-0.3, -0.25) is 25.1 Å². The van der Waals surface area contributed by atoms with Gasteiger partial charge in [-0.1, -0.05) is 17.7 Å². The van der Waals surface area contributed by atoms with E-state index in [-0.39, 0.29) is 11.8 Å². The highest BCUT2D eigenvalue weighted by molar-refractivity contribution is 6.29. The van der Waals surface area contributed by atoms with Crippen LogP contribution in [-0.4, -0.2) is 39.3 Å². The van der Waals surface area contributed by atoms with Crippen molar-refractivity contribution >= 4 is 23.3 Å². The van der Waals surface area contributed by atoms with Gasteiger partial charge < -0.3 is 0 Å². The van der Waals surface area contributed by atoms with E-state index in [4.69, 9.17) is 11.6 Å². The molecule has 1 amide bonds. The van der Waals surface area contributed by atoms with E-state index in [0.717, 1.165) is 16.8 Å². The van der Waals surface area contributed by atoms with E-state index in [9.17, 15) is 4.79 Å². The predicted octanol–water partition coefficient (Wildman–Crippen LogP) is 2.27. The molecule has 1 atom stereocenters. The molecule has 0 bridgehead atoms. The number of halogens is 1. The number of anilines is 1. The van der Waals surface area contributed by atoms with Gasteiger partial charge in [0.05, 0.1) is 18.3 Å². The van der Waals surface area contributed by atoms with Crippen molar-refractivity contribution in [3.05, 3.63) is 59.6 Å². The van der Waals surface area contributed by atoms with Gasteiger partial charge in [0.15, 0.2) is 0 Å². The number of nitrogens with zero attached hydrogens (tertiary/aromatic N) is 4. The third kappa shape index (κ3) is 3.44. The lowest BCUT2D eigenvalue weighted by Crippen LogP contribution is -2.52. The zero-order chi connectivity index (χ0) is 17.9. The van der Waals surface area contributed by atoms with Gasteiger partial charge in [-0.2, -0.15) is 5.10 Å². The number of rotatable bonds is 4. The van der Waals surface area contributed by atoms with Gasteiger partial charge in [0.25, 0.3) is 0 Å². The Hall–Kier alpha value is -2.77. The first-order chi connectivity index (χ1) is 12.7. The highest BCUT2D eigenvalue weighted by Crippen LogP contribution is 2.24. The largest absolute Gasteiger partial charge is 0.299 e. The van der Waals surface area contributed by atoms with Crippen LogP contribution in [0.25, 0.3) is 11.3 Å². The number of aromatic amines is 1. The molecule has 7 nitrogen and oxygen atoms in total. The highest BCUT2D eigenvalue weighted by Gasteiger charge is 2.30. The van der Waals surface area contributed by atoms with Crippen molar-refractivity contribution in [1.82, 2.24) is 25.5 Å². The fraction of sp³-hybridized carbons (Fsp3) is 0.222. The second-order valence-electron chi connectivity index (χ2n) is 6.14. The number of aromatic nitrogens is 4. The first kappa shape index (κ1) is 16.7. The van der Waals surface area contributed by atoms with Crippen LogP contribution in [0.4, 0.5) is 5.82 Å². The molecule has 1 aliphatic rings. The van der Waals surface area contributed by atoms with Gasteiger partial charge in [-0.25, -0.2) is 4.98 Å². The van der Waals surface area contributed by atoms with Gasteiger partial charge in [-0.05, 0) is 30.2 Å². The topological polar surface area (TPSA) is 86.8 Å². The van der Waals surface area contributed by atoms with Gasteiger partial charge in [-0.15, -0.1) is 0 Å². The number of amides is 1. The van der Waals surface area contributed by atoms with E-state index in [0.29, 0.717) is 30.6 Å². The Morgan fingerprint density at radius 1 is 1.23 bits per heavy atom. The lowest BCUT2D eigenvalue weighted by Gasteiger charge is -2.31. The van der Waals surface area contributed by atoms with Crippen LogP contribution in [0.1, 0.15) is 5.56 Å². The van der Waals surface area contributed by atoms with E-state index in [2.05, 4.69) is 25.5 Å². The SMILES string of the molecule is O=C1C(Cc2ccc(Cl)nc2)CNCN1c1cc(-c2ccncc2)n[nH]1. The number of carbonyl (C=O) groups is 1. The summed E-state index contributed by atoms with van der Waals surface area (Å²) < 4.78 is 0. The molecule has 0 saturated carbocycles. The zero-order valence-electron chi connectivity index (χ0n) is 13.9. The van der Waals surface area contributed by atoms with Crippen molar-refractivity contribution in [3.63, 3.8) is 0 Å². The quantitative estimate of drug-likeness (QED) is 0.690. The van der Waals surface area contributed by atoms with Crippen molar-refractivity contribution in [2.24, 2.45) is 5.92 Å². The summed E-state index contributed by atoms with van der Waals surface area (Å²) in [6, 6.07) is 9.28. The fourth-order valence-electron chi connectivity index (χ4n) is 3.03. The lowest BCUT2D eigenvalue weighted by atomic mass is 9.97. The molecule has 0 radical (unpaired) electrons. The Bertz CT molecular complexity index is 896. The van der Waals surface area contributed by atoms with Crippen LogP contribution in [0.2, 0.25) is 5.15 Å². The van der Waals surface area contributed by atoms with Crippen LogP contribution in [0.3, 0.4) is 0 Å². The third-order valence-corrected chi connectivity index (χ3v) is 4.60. The molecule has 1 unspecified atom stereocenters. The molecule has 0 spiro atoms. The van der Waals surface area contributed by atoms with Gasteiger partial charge in [0, 0.05) is 36.8 Å². The molecule has 2 N–H and O–H groups in total. The summed E-state index contributed by atoms with van der Waals surface area (Å²) in [5.74, 6) is 0.566. The summed E-state index contributed by atoms with van der Waals surface area (Å²) in [7, 11) is 0. The maximum Gasteiger partial charge on any atom is 0.233 e. The summed E-state index contributed by atoms with van der Waals surface area (Å²) in [5.41, 5.74) is 2.71. The minimum Gasteiger partial charge on any atom is -0.299 e. The van der Waals surface area contributed by atoms with Crippen LogP contribution < -0.4 is 10.2 Å². The first-order valence-corrected chi connectivity index (χ1v) is 8.67. The van der Waals surface area contributed by atoms with E-state index in [1.54, 1.807) is 29.6 Å². The second-order valence-corrected chi connectivity index (χ2v) is 6.53. The van der Waals surface area contributed by atoms with Crippen molar-refractivity contribution in [3.8, 4) is 11.3 Å². The number of nitrogens with one attached hydrogen (secondary N) is 2. The Morgan fingerprint density at radius 3 is 2.85 bits per heavy atom. The number of H-pyrrole nitrogens is 1. The van der Waals surface area contributed by atoms with Gasteiger partial charge in [0.2, 0.25) is 5.91 Å². The van der Waals surface area contributed by atoms with Crippen LogP contribution in [-0.2, 0) is 11.2 Å². The molecule has 1 aliphatic heterocycles. The van der Waals surface area contributed by atoms with E-state index < -0.39 is 0 Å². The minimum absolute atomic E-state index is 0.0589. The number of hydrogen-bond donors (Lipinski definition) is 2. The molecule has 26 heavy (non-hydrogen) atoms. The molecule has 4 rings (SSSR count). The van der Waals surface area contributed by atoms with E-state index in [1.165, 1.54) is 0 Å². The first-order valence-electron chi connectivity index (χ1n) is 8.29.